The van der Waals surface area contributed by atoms with E-state index in [4.69, 9.17) is 24.7 Å². The van der Waals surface area contributed by atoms with Gasteiger partial charge >= 0.3 is 0 Å². The lowest BCUT2D eigenvalue weighted by Crippen LogP contribution is -2.28. The Balaban J connectivity index is 1.25. The molecule has 0 spiro atoms. The second-order valence-corrected chi connectivity index (χ2v) is 16.3. The van der Waals surface area contributed by atoms with E-state index < -0.39 is 0 Å². The molecule has 2 saturated carbocycles. The van der Waals surface area contributed by atoms with Crippen LogP contribution in [0.15, 0.2) is 73.3 Å². The van der Waals surface area contributed by atoms with Crippen molar-refractivity contribution in [2.24, 2.45) is 23.7 Å². The van der Waals surface area contributed by atoms with Crippen molar-refractivity contribution in [2.45, 2.75) is 155 Å². The van der Waals surface area contributed by atoms with Crippen molar-refractivity contribution in [3.05, 3.63) is 95.8 Å². The molecule has 0 aliphatic heterocycles. The first-order valence-corrected chi connectivity index (χ1v) is 21.6. The Kier molecular flexibility index (Phi) is 15.0. The van der Waals surface area contributed by atoms with Crippen LogP contribution < -0.4 is 0 Å². The maximum absolute atomic E-state index is 7.60. The van der Waals surface area contributed by atoms with Crippen LogP contribution >= 0.6 is 0 Å². The van der Waals surface area contributed by atoms with Gasteiger partial charge in [-0.3, -0.25) is 19.9 Å². The number of ether oxygens (including phenoxy) is 1. The predicted molar refractivity (Wildman–Crippen MR) is 219 cm³/mol. The van der Waals surface area contributed by atoms with E-state index in [-0.39, 0.29) is 12.2 Å². The summed E-state index contributed by atoms with van der Waals surface area (Å²) < 4.78 is 7.60. The van der Waals surface area contributed by atoms with E-state index in [1.807, 2.05) is 24.8 Å². The summed E-state index contributed by atoms with van der Waals surface area (Å²) in [6.07, 6.45) is 30.0. The first-order chi connectivity index (χ1) is 26.1. The highest BCUT2D eigenvalue weighted by Gasteiger charge is 2.35. The minimum atomic E-state index is 0.0635. The van der Waals surface area contributed by atoms with Crippen LogP contribution in [0, 0.1) is 23.7 Å². The molecule has 2 unspecified atom stereocenters. The summed E-state index contributed by atoms with van der Waals surface area (Å²) >= 11 is 0. The highest BCUT2D eigenvalue weighted by molar-refractivity contribution is 5.59. The van der Waals surface area contributed by atoms with Crippen molar-refractivity contribution < 1.29 is 4.74 Å². The zero-order chi connectivity index (χ0) is 36.8. The number of unbranched alkanes of at least 4 members (excludes halogenated alkanes) is 4. The third-order valence-corrected chi connectivity index (χ3v) is 12.6. The molecule has 2 fully saturated rings. The van der Waals surface area contributed by atoms with E-state index in [1.54, 1.807) is 0 Å². The van der Waals surface area contributed by atoms with Crippen molar-refractivity contribution in [1.82, 2.24) is 19.9 Å². The summed E-state index contributed by atoms with van der Waals surface area (Å²) in [6.45, 7) is 9.20. The fourth-order valence-electron chi connectivity index (χ4n) is 8.95. The summed E-state index contributed by atoms with van der Waals surface area (Å²) in [5, 5.41) is 0. The van der Waals surface area contributed by atoms with Gasteiger partial charge in [-0.25, -0.2) is 0 Å². The number of aromatic nitrogens is 4. The molecule has 0 bridgehead atoms. The zero-order valence-corrected chi connectivity index (χ0v) is 33.3. The van der Waals surface area contributed by atoms with Gasteiger partial charge in [0.15, 0.2) is 0 Å². The second kappa shape index (κ2) is 20.3. The van der Waals surface area contributed by atoms with Gasteiger partial charge in [0.1, 0.15) is 0 Å². The number of aryl methyl sites for hydroxylation is 2. The summed E-state index contributed by atoms with van der Waals surface area (Å²) in [7, 11) is 0. The maximum atomic E-state index is 7.60. The third kappa shape index (κ3) is 10.8. The average Bonchev–Trinajstić information content (AvgIpc) is 3.22. The normalized spacial score (nSPS) is 21.7. The molecule has 2 aromatic heterocycles. The number of rotatable bonds is 18. The van der Waals surface area contributed by atoms with Crippen LogP contribution in [0.3, 0.4) is 0 Å². The van der Waals surface area contributed by atoms with Crippen molar-refractivity contribution in [2.75, 3.05) is 0 Å². The molecule has 53 heavy (non-hydrogen) atoms. The van der Waals surface area contributed by atoms with Crippen LogP contribution in [0.5, 0.6) is 0 Å². The topological polar surface area (TPSA) is 60.8 Å². The number of hydrogen-bond acceptors (Lipinski definition) is 5. The molecule has 2 aliphatic carbocycles. The summed E-state index contributed by atoms with van der Waals surface area (Å²) in [6, 6.07) is 18.3. The number of hydrogen-bond donors (Lipinski definition) is 0. The number of nitrogens with zero attached hydrogens (tertiary/aromatic N) is 4. The molecular weight excluding hydrogens is 649 g/mol. The highest BCUT2D eigenvalue weighted by Crippen LogP contribution is 2.47. The van der Waals surface area contributed by atoms with E-state index in [2.05, 4.69) is 76.2 Å². The van der Waals surface area contributed by atoms with Crippen LogP contribution in [0.4, 0.5) is 0 Å². The molecule has 5 nitrogen and oxygen atoms in total. The lowest BCUT2D eigenvalue weighted by atomic mass is 9.75. The Bertz CT molecular complexity index is 1480. The van der Waals surface area contributed by atoms with Crippen LogP contribution in [-0.4, -0.2) is 19.9 Å². The SMILES string of the molecule is CCCCCc1cnc(-c2ccc(C(OC(c3ccc(-c4cnc(CCCCC)cn4)cc3)C3CCC(CC)CC3)C3CCC(CC)CC3)cc2)cn1. The van der Waals surface area contributed by atoms with Crippen molar-refractivity contribution >= 4 is 0 Å². The molecule has 2 aliphatic rings. The highest BCUT2D eigenvalue weighted by atomic mass is 16.5. The molecule has 4 aromatic rings. The summed E-state index contributed by atoms with van der Waals surface area (Å²) in [5.74, 6) is 2.73. The van der Waals surface area contributed by atoms with E-state index in [0.29, 0.717) is 11.8 Å². The first-order valence-electron chi connectivity index (χ1n) is 21.6. The Morgan fingerprint density at radius 1 is 0.491 bits per heavy atom. The minimum Gasteiger partial charge on any atom is -0.365 e. The Morgan fingerprint density at radius 3 is 1.21 bits per heavy atom. The molecule has 6 rings (SSSR count). The monoisotopic (exact) mass is 715 g/mol. The Morgan fingerprint density at radius 2 is 0.887 bits per heavy atom. The van der Waals surface area contributed by atoms with Gasteiger partial charge in [0.25, 0.3) is 0 Å². The number of benzene rings is 2. The molecule has 284 valence electrons. The van der Waals surface area contributed by atoms with Crippen LogP contribution in [-0.2, 0) is 17.6 Å². The van der Waals surface area contributed by atoms with E-state index in [0.717, 1.165) is 58.6 Å². The van der Waals surface area contributed by atoms with Gasteiger partial charge in [0.2, 0.25) is 0 Å². The quantitative estimate of drug-likeness (QED) is 0.0960. The van der Waals surface area contributed by atoms with Crippen molar-refractivity contribution in [1.29, 1.82) is 0 Å². The molecule has 2 atom stereocenters. The van der Waals surface area contributed by atoms with E-state index >= 15 is 0 Å². The Hall–Kier alpha value is -3.44. The average molecular weight is 715 g/mol. The van der Waals surface area contributed by atoms with Crippen LogP contribution in [0.2, 0.25) is 0 Å². The van der Waals surface area contributed by atoms with E-state index in [9.17, 15) is 0 Å². The molecule has 0 amide bonds. The lowest BCUT2D eigenvalue weighted by molar-refractivity contribution is -0.0905. The maximum Gasteiger partial charge on any atom is 0.0885 e. The van der Waals surface area contributed by atoms with Crippen molar-refractivity contribution in [3.8, 4) is 22.5 Å². The van der Waals surface area contributed by atoms with Gasteiger partial charge < -0.3 is 4.74 Å². The second-order valence-electron chi connectivity index (χ2n) is 16.3. The van der Waals surface area contributed by atoms with Gasteiger partial charge in [-0.15, -0.1) is 0 Å². The van der Waals surface area contributed by atoms with Gasteiger partial charge in [-0.05, 0) is 86.2 Å². The van der Waals surface area contributed by atoms with Gasteiger partial charge in [0.05, 0.1) is 47.4 Å². The standard InChI is InChI=1S/C48H66N4O/c1-5-9-11-13-43-31-51-45(33-49-43)37-23-27-41(28-24-37)47(39-19-15-35(7-3)16-20-39)53-48(40-21-17-36(8-4)18-22-40)42-29-25-38(26-30-42)46-34-50-44(32-52-46)14-12-10-6-2/h23-36,39-40,47-48H,5-22H2,1-4H3. The van der Waals surface area contributed by atoms with Crippen molar-refractivity contribution in [3.63, 3.8) is 0 Å². The fourth-order valence-corrected chi connectivity index (χ4v) is 8.95. The van der Waals surface area contributed by atoms with Crippen LogP contribution in [0.25, 0.3) is 22.5 Å². The molecule has 0 radical (unpaired) electrons. The fraction of sp³-hybridized carbons (Fsp3) is 0.583. The minimum absolute atomic E-state index is 0.0635. The summed E-state index contributed by atoms with van der Waals surface area (Å²) in [4.78, 5) is 19.2. The molecule has 2 aromatic carbocycles. The van der Waals surface area contributed by atoms with Gasteiger partial charge in [0, 0.05) is 23.5 Å². The first kappa shape index (κ1) is 39.3. The smallest absolute Gasteiger partial charge is 0.0885 e. The summed E-state index contributed by atoms with van der Waals surface area (Å²) in [5.41, 5.74) is 8.91. The zero-order valence-electron chi connectivity index (χ0n) is 33.3. The van der Waals surface area contributed by atoms with Gasteiger partial charge in [-0.2, -0.15) is 0 Å². The van der Waals surface area contributed by atoms with E-state index in [1.165, 1.54) is 114 Å². The van der Waals surface area contributed by atoms with Crippen LogP contribution in [0.1, 0.15) is 165 Å². The largest absolute Gasteiger partial charge is 0.365 e. The molecule has 0 saturated heterocycles. The predicted octanol–water partition coefficient (Wildman–Crippen LogP) is 13.3. The van der Waals surface area contributed by atoms with Gasteiger partial charge in [-0.1, -0.05) is 140 Å². The molecule has 0 N–H and O–H groups in total. The third-order valence-electron chi connectivity index (χ3n) is 12.6. The molecule has 2 heterocycles. The molecular formula is C48H66N4O. The Labute approximate surface area is 321 Å². The lowest BCUT2D eigenvalue weighted by Gasteiger charge is -2.40. The molecule has 5 heteroatoms.